The van der Waals surface area contributed by atoms with Crippen LogP contribution in [0.1, 0.15) is 16.7 Å². The van der Waals surface area contributed by atoms with Gasteiger partial charge in [-0.15, -0.1) is 0 Å². The molecule has 1 heterocycles. The fraction of sp³-hybridized carbons (Fsp3) is 0.167. The molecule has 0 atom stereocenters. The number of hydrogen-bond acceptors (Lipinski definition) is 2. The third-order valence-corrected chi connectivity index (χ3v) is 2.48. The average molecular weight is 188 g/mol. The monoisotopic (exact) mass is 188 g/mol. The van der Waals surface area contributed by atoms with Crippen LogP contribution in [0.2, 0.25) is 0 Å². The summed E-state index contributed by atoms with van der Waals surface area (Å²) >= 11 is 0. The molecule has 0 saturated heterocycles. The first-order valence-corrected chi connectivity index (χ1v) is 4.41. The molecule has 0 spiro atoms. The average Bonchev–Trinajstić information content (AvgIpc) is 2.95. The Hall–Kier alpha value is -1.70. The minimum Gasteiger partial charge on any atom is -0.492 e. The normalized spacial score (nSPS) is 11.3. The Bertz CT molecular complexity index is 431. The van der Waals surface area contributed by atoms with Crippen molar-refractivity contribution in [2.45, 2.75) is 6.92 Å². The first-order valence-electron chi connectivity index (χ1n) is 4.41. The molecule has 1 aromatic rings. The van der Waals surface area contributed by atoms with Gasteiger partial charge in [-0.3, -0.25) is 0 Å². The summed E-state index contributed by atoms with van der Waals surface area (Å²) in [5, 5.41) is 0. The molecule has 0 unspecified atom stereocenters. The van der Waals surface area contributed by atoms with E-state index in [0.29, 0.717) is 0 Å². The summed E-state index contributed by atoms with van der Waals surface area (Å²) in [5.74, 6) is 2.49. The number of methoxy groups -OCH3 is 1. The second-order valence-electron chi connectivity index (χ2n) is 3.15. The maximum absolute atomic E-state index is 5.36. The topological polar surface area (TPSA) is 21.8 Å². The quantitative estimate of drug-likeness (QED) is 0.688. The van der Waals surface area contributed by atoms with Crippen molar-refractivity contribution in [3.05, 3.63) is 29.8 Å². The van der Waals surface area contributed by atoms with E-state index in [2.05, 4.69) is 13.2 Å². The molecule has 0 aromatic heterocycles. The summed E-state index contributed by atoms with van der Waals surface area (Å²) in [6.07, 6.45) is 3.58. The van der Waals surface area contributed by atoms with Crippen molar-refractivity contribution >= 4 is 12.2 Å². The zero-order chi connectivity index (χ0) is 10.3. The van der Waals surface area contributed by atoms with E-state index in [0.717, 1.165) is 33.9 Å². The summed E-state index contributed by atoms with van der Waals surface area (Å²) < 4.78 is 10.6. The van der Waals surface area contributed by atoms with Crippen LogP contribution in [0.5, 0.6) is 17.2 Å². The second-order valence-corrected chi connectivity index (χ2v) is 3.15. The standard InChI is InChI=1S/C12H12O2/c1-5-8-7(3)9(6-2)11-12(14-11)10(8)13-4/h5-6H,1-2H2,3-4H3. The zero-order valence-electron chi connectivity index (χ0n) is 8.39. The van der Waals surface area contributed by atoms with E-state index in [-0.39, 0.29) is 0 Å². The molecule has 0 saturated carbocycles. The van der Waals surface area contributed by atoms with Crippen LogP contribution in [0.25, 0.3) is 12.2 Å². The number of rotatable bonds is 3. The van der Waals surface area contributed by atoms with Gasteiger partial charge in [-0.1, -0.05) is 25.3 Å². The molecule has 2 heteroatoms. The fourth-order valence-corrected chi connectivity index (χ4v) is 1.71. The van der Waals surface area contributed by atoms with Gasteiger partial charge in [0.05, 0.1) is 7.11 Å². The molecule has 0 amide bonds. The van der Waals surface area contributed by atoms with Gasteiger partial charge in [-0.25, -0.2) is 0 Å². The lowest BCUT2D eigenvalue weighted by Gasteiger charge is -2.06. The summed E-state index contributed by atoms with van der Waals surface area (Å²) in [4.78, 5) is 0. The number of benzene rings is 1. The Morgan fingerprint density at radius 1 is 1.14 bits per heavy atom. The molecular formula is C12H12O2. The molecule has 0 N–H and O–H groups in total. The van der Waals surface area contributed by atoms with Gasteiger partial charge in [0.25, 0.3) is 0 Å². The highest BCUT2D eigenvalue weighted by Gasteiger charge is 2.33. The molecule has 0 bridgehead atoms. The van der Waals surface area contributed by atoms with Crippen molar-refractivity contribution in [2.75, 3.05) is 7.11 Å². The van der Waals surface area contributed by atoms with Crippen LogP contribution in [0.3, 0.4) is 0 Å². The minimum atomic E-state index is 0.776. The third kappa shape index (κ3) is 0.970. The summed E-state index contributed by atoms with van der Waals surface area (Å²) in [5.41, 5.74) is 3.12. The Kier molecular flexibility index (Phi) is 1.84. The molecule has 72 valence electrons. The van der Waals surface area contributed by atoms with Gasteiger partial charge in [0.15, 0.2) is 11.5 Å². The van der Waals surface area contributed by atoms with Crippen LogP contribution < -0.4 is 9.47 Å². The maximum atomic E-state index is 5.36. The Balaban J connectivity index is 2.75. The van der Waals surface area contributed by atoms with Gasteiger partial charge in [-0.05, 0) is 12.5 Å². The van der Waals surface area contributed by atoms with Gasteiger partial charge in [0.1, 0.15) is 0 Å². The van der Waals surface area contributed by atoms with Crippen LogP contribution in [0.4, 0.5) is 0 Å². The maximum Gasteiger partial charge on any atom is 0.213 e. The predicted octanol–water partition coefficient (Wildman–Crippen LogP) is 3.40. The van der Waals surface area contributed by atoms with E-state index in [1.165, 1.54) is 0 Å². The molecule has 14 heavy (non-hydrogen) atoms. The molecule has 1 aromatic carbocycles. The van der Waals surface area contributed by atoms with Crippen molar-refractivity contribution in [1.29, 1.82) is 0 Å². The fourth-order valence-electron chi connectivity index (χ4n) is 1.71. The van der Waals surface area contributed by atoms with Crippen LogP contribution in [-0.2, 0) is 0 Å². The zero-order valence-corrected chi connectivity index (χ0v) is 8.39. The second kappa shape index (κ2) is 2.91. The smallest absolute Gasteiger partial charge is 0.213 e. The molecule has 2 rings (SSSR count). The van der Waals surface area contributed by atoms with Gasteiger partial charge in [0, 0.05) is 11.1 Å². The lowest BCUT2D eigenvalue weighted by Crippen LogP contribution is -1.89. The van der Waals surface area contributed by atoms with Crippen molar-refractivity contribution in [3.8, 4) is 17.2 Å². The van der Waals surface area contributed by atoms with Gasteiger partial charge in [0.2, 0.25) is 5.75 Å². The predicted molar refractivity (Wildman–Crippen MR) is 58.0 cm³/mol. The molecule has 1 aliphatic heterocycles. The molecule has 0 aliphatic carbocycles. The van der Waals surface area contributed by atoms with E-state index >= 15 is 0 Å². The van der Waals surface area contributed by atoms with Crippen molar-refractivity contribution in [2.24, 2.45) is 0 Å². The van der Waals surface area contributed by atoms with Gasteiger partial charge >= 0.3 is 0 Å². The van der Waals surface area contributed by atoms with Gasteiger partial charge in [-0.2, -0.15) is 0 Å². The number of ether oxygens (including phenoxy) is 2. The van der Waals surface area contributed by atoms with Crippen LogP contribution in [0.15, 0.2) is 13.2 Å². The third-order valence-electron chi connectivity index (χ3n) is 2.48. The van der Waals surface area contributed by atoms with E-state index in [4.69, 9.17) is 9.47 Å². The van der Waals surface area contributed by atoms with Crippen LogP contribution >= 0.6 is 0 Å². The summed E-state index contributed by atoms with van der Waals surface area (Å²) in [6, 6.07) is 0. The largest absolute Gasteiger partial charge is 0.492 e. The molecule has 0 radical (unpaired) electrons. The van der Waals surface area contributed by atoms with E-state index < -0.39 is 0 Å². The summed E-state index contributed by atoms with van der Waals surface area (Å²) in [7, 11) is 1.64. The Morgan fingerprint density at radius 2 is 1.79 bits per heavy atom. The molecular weight excluding hydrogens is 176 g/mol. The lowest BCUT2D eigenvalue weighted by atomic mass is 10.0. The van der Waals surface area contributed by atoms with Gasteiger partial charge < -0.3 is 9.47 Å². The van der Waals surface area contributed by atoms with E-state index in [1.54, 1.807) is 19.3 Å². The van der Waals surface area contributed by atoms with Crippen LogP contribution in [0, 0.1) is 6.92 Å². The lowest BCUT2D eigenvalue weighted by molar-refractivity contribution is 0.407. The SMILES string of the molecule is C=Cc1c(C)c(C=C)c2c(c1OC)O2. The first-order chi connectivity index (χ1) is 6.74. The highest BCUT2D eigenvalue weighted by atomic mass is 16.6. The Morgan fingerprint density at radius 3 is 2.29 bits per heavy atom. The van der Waals surface area contributed by atoms with Crippen molar-refractivity contribution < 1.29 is 9.47 Å². The Labute approximate surface area is 83.5 Å². The highest BCUT2D eigenvalue weighted by Crippen LogP contribution is 2.58. The molecule has 0 fully saturated rings. The minimum absolute atomic E-state index is 0.776. The molecule has 1 aliphatic rings. The van der Waals surface area contributed by atoms with E-state index in [1.807, 2.05) is 6.92 Å². The number of hydrogen-bond donors (Lipinski definition) is 0. The summed E-state index contributed by atoms with van der Waals surface area (Å²) in [6.45, 7) is 9.54. The van der Waals surface area contributed by atoms with E-state index in [9.17, 15) is 0 Å². The molecule has 2 nitrogen and oxygen atoms in total. The highest BCUT2D eigenvalue weighted by molar-refractivity contribution is 5.83. The van der Waals surface area contributed by atoms with Crippen molar-refractivity contribution in [3.63, 3.8) is 0 Å². The van der Waals surface area contributed by atoms with Crippen LogP contribution in [-0.4, -0.2) is 7.11 Å². The van der Waals surface area contributed by atoms with Crippen molar-refractivity contribution in [1.82, 2.24) is 0 Å². The number of fused-ring (bicyclic) bond motifs is 1. The first kappa shape index (κ1) is 8.88.